The van der Waals surface area contributed by atoms with Gasteiger partial charge in [0.1, 0.15) is 0 Å². The number of nitrogens with zero attached hydrogens (tertiary/aromatic N) is 1. The minimum Gasteiger partial charge on any atom is -0.348 e. The molecule has 1 amide bonds. The Kier molecular flexibility index (Phi) is 3.40. The summed E-state index contributed by atoms with van der Waals surface area (Å²) < 4.78 is 0. The zero-order chi connectivity index (χ0) is 8.10. The summed E-state index contributed by atoms with van der Waals surface area (Å²) >= 11 is 0. The summed E-state index contributed by atoms with van der Waals surface area (Å²) in [6, 6.07) is 0. The number of carbonyl (C=O) groups is 1. The molecular formula is C9H17NO. The van der Waals surface area contributed by atoms with Crippen molar-refractivity contribution in [2.24, 2.45) is 5.92 Å². The molecule has 1 rings (SSSR count). The van der Waals surface area contributed by atoms with Gasteiger partial charge in [0.15, 0.2) is 0 Å². The van der Waals surface area contributed by atoms with E-state index >= 15 is 0 Å². The van der Waals surface area contributed by atoms with Crippen LogP contribution in [0.15, 0.2) is 0 Å². The molecule has 0 aromatic heterocycles. The highest BCUT2D eigenvalue weighted by molar-refractivity contribution is 5.46. The average Bonchev–Trinajstić information content (AvgIpc) is 2.81. The standard InChI is InChI=1S/C9H17NO/c1-10(8-11)7-3-2-4-9-5-6-9/h8-9H,2-7H2,1H3. The molecule has 0 aromatic rings. The first-order valence-corrected chi connectivity index (χ1v) is 4.48. The number of rotatable bonds is 6. The molecule has 0 aromatic carbocycles. The molecule has 0 heterocycles. The van der Waals surface area contributed by atoms with Crippen LogP contribution < -0.4 is 0 Å². The van der Waals surface area contributed by atoms with Crippen LogP contribution in [-0.4, -0.2) is 24.9 Å². The summed E-state index contributed by atoms with van der Waals surface area (Å²) in [4.78, 5) is 11.9. The SMILES string of the molecule is CN(C=O)CCCCC1CC1. The third-order valence-electron chi connectivity index (χ3n) is 2.25. The van der Waals surface area contributed by atoms with Gasteiger partial charge in [0.2, 0.25) is 6.41 Å². The highest BCUT2D eigenvalue weighted by Crippen LogP contribution is 2.33. The fourth-order valence-electron chi connectivity index (χ4n) is 1.25. The highest BCUT2D eigenvalue weighted by atomic mass is 16.1. The van der Waals surface area contributed by atoms with Gasteiger partial charge in [-0.3, -0.25) is 4.79 Å². The summed E-state index contributed by atoms with van der Waals surface area (Å²) in [5, 5.41) is 0. The molecule has 0 aliphatic heterocycles. The number of hydrogen-bond acceptors (Lipinski definition) is 1. The van der Waals surface area contributed by atoms with Crippen LogP contribution in [0, 0.1) is 5.92 Å². The Morgan fingerprint density at radius 1 is 1.45 bits per heavy atom. The van der Waals surface area contributed by atoms with Crippen molar-refractivity contribution in [1.29, 1.82) is 0 Å². The Hall–Kier alpha value is -0.530. The van der Waals surface area contributed by atoms with Gasteiger partial charge in [0.05, 0.1) is 0 Å². The van der Waals surface area contributed by atoms with Crippen molar-refractivity contribution in [2.45, 2.75) is 32.1 Å². The van der Waals surface area contributed by atoms with Crippen LogP contribution in [0.2, 0.25) is 0 Å². The Labute approximate surface area is 68.6 Å². The van der Waals surface area contributed by atoms with Crippen molar-refractivity contribution in [3.05, 3.63) is 0 Å². The molecule has 0 radical (unpaired) electrons. The predicted molar refractivity (Wildman–Crippen MR) is 45.3 cm³/mol. The Balaban J connectivity index is 1.82. The van der Waals surface area contributed by atoms with Gasteiger partial charge in [-0.05, 0) is 12.3 Å². The minimum absolute atomic E-state index is 0.900. The van der Waals surface area contributed by atoms with Crippen LogP contribution in [0.1, 0.15) is 32.1 Å². The molecule has 1 saturated carbocycles. The molecule has 0 spiro atoms. The van der Waals surface area contributed by atoms with E-state index < -0.39 is 0 Å². The molecule has 0 atom stereocenters. The van der Waals surface area contributed by atoms with Crippen molar-refractivity contribution >= 4 is 6.41 Å². The predicted octanol–water partition coefficient (Wildman–Crippen LogP) is 1.65. The Morgan fingerprint density at radius 2 is 2.18 bits per heavy atom. The molecule has 11 heavy (non-hydrogen) atoms. The monoisotopic (exact) mass is 155 g/mol. The molecule has 0 N–H and O–H groups in total. The van der Waals surface area contributed by atoms with Crippen LogP contribution in [0.5, 0.6) is 0 Å². The third-order valence-corrected chi connectivity index (χ3v) is 2.25. The summed E-state index contributed by atoms with van der Waals surface area (Å²) in [5.41, 5.74) is 0. The first-order valence-electron chi connectivity index (χ1n) is 4.48. The lowest BCUT2D eigenvalue weighted by molar-refractivity contribution is -0.117. The van der Waals surface area contributed by atoms with E-state index in [9.17, 15) is 4.79 Å². The van der Waals surface area contributed by atoms with Crippen LogP contribution in [0.4, 0.5) is 0 Å². The highest BCUT2D eigenvalue weighted by Gasteiger charge is 2.19. The van der Waals surface area contributed by atoms with Gasteiger partial charge in [0, 0.05) is 13.6 Å². The second-order valence-electron chi connectivity index (χ2n) is 3.53. The molecule has 0 bridgehead atoms. The summed E-state index contributed by atoms with van der Waals surface area (Å²) in [7, 11) is 1.84. The summed E-state index contributed by atoms with van der Waals surface area (Å²) in [5.74, 6) is 1.04. The van der Waals surface area contributed by atoms with Crippen molar-refractivity contribution < 1.29 is 4.79 Å². The zero-order valence-corrected chi connectivity index (χ0v) is 7.25. The van der Waals surface area contributed by atoms with Gasteiger partial charge in [-0.1, -0.05) is 25.7 Å². The zero-order valence-electron chi connectivity index (χ0n) is 7.25. The molecule has 1 fully saturated rings. The van der Waals surface area contributed by atoms with E-state index in [0.717, 1.165) is 18.9 Å². The van der Waals surface area contributed by atoms with Crippen LogP contribution in [0.3, 0.4) is 0 Å². The largest absolute Gasteiger partial charge is 0.348 e. The van der Waals surface area contributed by atoms with Gasteiger partial charge in [-0.2, -0.15) is 0 Å². The lowest BCUT2D eigenvalue weighted by atomic mass is 10.2. The van der Waals surface area contributed by atoms with E-state index in [4.69, 9.17) is 0 Å². The minimum atomic E-state index is 0.900. The molecular weight excluding hydrogens is 138 g/mol. The van der Waals surface area contributed by atoms with Crippen LogP contribution in [0.25, 0.3) is 0 Å². The maximum Gasteiger partial charge on any atom is 0.209 e. The molecule has 64 valence electrons. The van der Waals surface area contributed by atoms with E-state index in [1.54, 1.807) is 4.90 Å². The smallest absolute Gasteiger partial charge is 0.209 e. The number of hydrogen-bond donors (Lipinski definition) is 0. The maximum atomic E-state index is 10.2. The van der Waals surface area contributed by atoms with Crippen LogP contribution in [-0.2, 0) is 4.79 Å². The molecule has 2 nitrogen and oxygen atoms in total. The first kappa shape index (κ1) is 8.57. The molecule has 0 unspecified atom stereocenters. The van der Waals surface area contributed by atoms with E-state index in [2.05, 4.69) is 0 Å². The molecule has 1 aliphatic carbocycles. The van der Waals surface area contributed by atoms with Crippen molar-refractivity contribution in [2.75, 3.05) is 13.6 Å². The van der Waals surface area contributed by atoms with E-state index in [1.807, 2.05) is 7.05 Å². The third kappa shape index (κ3) is 4.02. The van der Waals surface area contributed by atoms with Gasteiger partial charge in [-0.15, -0.1) is 0 Å². The topological polar surface area (TPSA) is 20.3 Å². The van der Waals surface area contributed by atoms with Gasteiger partial charge in [-0.25, -0.2) is 0 Å². The molecule has 0 saturated heterocycles. The number of unbranched alkanes of at least 4 members (excludes halogenated alkanes) is 1. The molecule has 2 heteroatoms. The second kappa shape index (κ2) is 4.37. The van der Waals surface area contributed by atoms with Crippen LogP contribution >= 0.6 is 0 Å². The first-order chi connectivity index (χ1) is 5.33. The van der Waals surface area contributed by atoms with E-state index in [0.29, 0.717) is 0 Å². The van der Waals surface area contributed by atoms with E-state index in [1.165, 1.54) is 32.1 Å². The fraction of sp³-hybridized carbons (Fsp3) is 0.889. The quantitative estimate of drug-likeness (QED) is 0.422. The molecule has 1 aliphatic rings. The Bertz CT molecular complexity index is 121. The lowest BCUT2D eigenvalue weighted by Crippen LogP contribution is -2.16. The van der Waals surface area contributed by atoms with Crippen molar-refractivity contribution in [3.8, 4) is 0 Å². The van der Waals surface area contributed by atoms with E-state index in [-0.39, 0.29) is 0 Å². The lowest BCUT2D eigenvalue weighted by Gasteiger charge is -2.08. The average molecular weight is 155 g/mol. The van der Waals surface area contributed by atoms with Crippen molar-refractivity contribution in [1.82, 2.24) is 4.90 Å². The number of amides is 1. The fourth-order valence-corrected chi connectivity index (χ4v) is 1.25. The number of carbonyl (C=O) groups excluding carboxylic acids is 1. The normalized spacial score (nSPS) is 16.5. The Morgan fingerprint density at radius 3 is 2.73 bits per heavy atom. The summed E-state index contributed by atoms with van der Waals surface area (Å²) in [6.07, 6.45) is 7.64. The van der Waals surface area contributed by atoms with Gasteiger partial charge < -0.3 is 4.90 Å². The van der Waals surface area contributed by atoms with Gasteiger partial charge in [0.25, 0.3) is 0 Å². The summed E-state index contributed by atoms with van der Waals surface area (Å²) in [6.45, 7) is 0.927. The van der Waals surface area contributed by atoms with Gasteiger partial charge >= 0.3 is 0 Å². The maximum absolute atomic E-state index is 10.2. The second-order valence-corrected chi connectivity index (χ2v) is 3.53. The van der Waals surface area contributed by atoms with Crippen molar-refractivity contribution in [3.63, 3.8) is 0 Å².